The number of aliphatic hydroxyl groups excluding tert-OH is 2. The number of rotatable bonds is 21. The number of nitrogens with zero attached hydrogens (tertiary/aromatic N) is 3. The van der Waals surface area contributed by atoms with Gasteiger partial charge in [-0.1, -0.05) is 33.8 Å². The van der Waals surface area contributed by atoms with E-state index in [4.69, 9.17) is 47.4 Å². The quantitative estimate of drug-likeness (QED) is 0.0766. The Morgan fingerprint density at radius 3 is 2.20 bits per heavy atom. The van der Waals surface area contributed by atoms with Gasteiger partial charge in [0.05, 0.1) is 67.2 Å². The van der Waals surface area contributed by atoms with Crippen molar-refractivity contribution in [3.05, 3.63) is 45.7 Å². The monoisotopic (exact) mass is 1190 g/mol. The van der Waals surface area contributed by atoms with Crippen LogP contribution in [0.1, 0.15) is 131 Å². The number of likely N-dealkylation sites (N-methyl/N-ethyl adjacent to an activating group) is 1. The highest BCUT2D eigenvalue weighted by Gasteiger charge is 2.55. The fraction of sp³-hybridized carbons (Fsp3) is 0.790. The maximum Gasteiger partial charge on any atom is 0.343 e. The molecule has 0 saturated carbocycles. The minimum Gasteiger partial charge on any atom is -0.461 e. The van der Waals surface area contributed by atoms with Gasteiger partial charge in [-0.05, 0) is 119 Å². The Morgan fingerprint density at radius 1 is 0.881 bits per heavy atom. The number of hydrogen-bond acceptors (Lipinski definition) is 21. The van der Waals surface area contributed by atoms with E-state index in [1.165, 1.54) is 21.1 Å². The Hall–Kier alpha value is -4.01. The van der Waals surface area contributed by atoms with Gasteiger partial charge in [-0.2, -0.15) is 0 Å². The Balaban J connectivity index is 1.14. The highest BCUT2D eigenvalue weighted by molar-refractivity contribution is 5.94. The molecular weight excluding hydrogens is 1090 g/mol. The van der Waals surface area contributed by atoms with E-state index in [2.05, 4.69) is 10.2 Å². The number of hydrogen-bond donors (Lipinski definition) is 4. The van der Waals surface area contributed by atoms with Gasteiger partial charge in [-0.15, -0.1) is 0 Å². The van der Waals surface area contributed by atoms with Crippen LogP contribution in [0.25, 0.3) is 10.9 Å². The van der Waals surface area contributed by atoms with Crippen LogP contribution < -0.4 is 10.7 Å². The highest BCUT2D eigenvalue weighted by atomic mass is 16.7. The van der Waals surface area contributed by atoms with Crippen molar-refractivity contribution in [3.63, 3.8) is 0 Å². The number of ether oxygens (including phenoxy) is 10. The Labute approximate surface area is 496 Å². The number of benzene rings is 1. The molecule has 4 aliphatic heterocycles. The van der Waals surface area contributed by atoms with Crippen LogP contribution >= 0.6 is 0 Å². The lowest BCUT2D eigenvalue weighted by Gasteiger charge is -2.50. The molecule has 4 saturated heterocycles. The second-order valence-electron chi connectivity index (χ2n) is 24.8. The van der Waals surface area contributed by atoms with Gasteiger partial charge < -0.3 is 77.5 Å². The number of methoxy groups -OCH3 is 2. The molecule has 6 rings (SSSR count). The summed E-state index contributed by atoms with van der Waals surface area (Å²) in [6.45, 7) is 24.0. The molecule has 1 aromatic carbocycles. The number of ketones is 1. The zero-order chi connectivity index (χ0) is 62.0. The van der Waals surface area contributed by atoms with Crippen molar-refractivity contribution in [3.8, 4) is 0 Å². The number of aliphatic hydroxyl groups is 3. The van der Waals surface area contributed by atoms with Crippen molar-refractivity contribution in [2.45, 2.75) is 212 Å². The molecule has 0 unspecified atom stereocenters. The zero-order valence-electron chi connectivity index (χ0n) is 52.6. The maximum atomic E-state index is 14.6. The van der Waals surface area contributed by atoms with Gasteiger partial charge in [0.2, 0.25) is 5.43 Å². The zero-order valence-corrected chi connectivity index (χ0v) is 52.6. The number of Topliss-reactive ketones (excluding diaryl/α,β-unsaturated/α-hetero) is 1. The average molecular weight is 1190 g/mol. The smallest absolute Gasteiger partial charge is 0.343 e. The van der Waals surface area contributed by atoms with Crippen molar-refractivity contribution in [1.29, 1.82) is 0 Å². The van der Waals surface area contributed by atoms with Gasteiger partial charge in [0.25, 0.3) is 0 Å². The van der Waals surface area contributed by atoms with Crippen molar-refractivity contribution in [2.24, 2.45) is 23.7 Å². The van der Waals surface area contributed by atoms with E-state index in [-0.39, 0.29) is 61.2 Å². The predicted molar refractivity (Wildman–Crippen MR) is 312 cm³/mol. The summed E-state index contributed by atoms with van der Waals surface area (Å²) in [5.41, 5.74) is -3.22. The van der Waals surface area contributed by atoms with Crippen LogP contribution in [0.3, 0.4) is 0 Å². The van der Waals surface area contributed by atoms with Crippen molar-refractivity contribution >= 4 is 34.6 Å². The fourth-order valence-electron chi connectivity index (χ4n) is 12.9. The lowest BCUT2D eigenvalue weighted by molar-refractivity contribution is -0.320. The molecule has 2 aromatic rings. The number of carbonyl (C=O) groups excluding carboxylic acids is 4. The summed E-state index contributed by atoms with van der Waals surface area (Å²) in [6.07, 6.45) is -6.63. The number of aryl methyl sites for hydroxylation is 2. The van der Waals surface area contributed by atoms with Gasteiger partial charge in [0.1, 0.15) is 41.4 Å². The van der Waals surface area contributed by atoms with E-state index in [1.54, 1.807) is 54.7 Å². The summed E-state index contributed by atoms with van der Waals surface area (Å²) in [7, 11) is 6.75. The summed E-state index contributed by atoms with van der Waals surface area (Å²) in [5.74, 6) is -5.95. The number of nitrogens with one attached hydrogen (secondary N) is 1. The summed E-state index contributed by atoms with van der Waals surface area (Å²) >= 11 is 0. The molecule has 18 atom stereocenters. The molecule has 0 spiro atoms. The van der Waals surface area contributed by atoms with Gasteiger partial charge in [-0.25, -0.2) is 4.79 Å². The second kappa shape index (κ2) is 30.3. The number of morpholine rings is 1. The summed E-state index contributed by atoms with van der Waals surface area (Å²) in [5, 5.41) is 39.1. The molecule has 0 amide bonds. The summed E-state index contributed by atoms with van der Waals surface area (Å²) < 4.78 is 64.4. The minimum absolute atomic E-state index is 0.00255. The minimum atomic E-state index is -2.03. The molecule has 0 aliphatic carbocycles. The van der Waals surface area contributed by atoms with Crippen molar-refractivity contribution in [1.82, 2.24) is 19.7 Å². The van der Waals surface area contributed by atoms with Crippen LogP contribution in [-0.2, 0) is 74.7 Å². The normalized spacial score (nSPS) is 36.1. The highest BCUT2D eigenvalue weighted by Crippen LogP contribution is 2.42. The maximum absolute atomic E-state index is 14.6. The number of aromatic nitrogens is 1. The first kappa shape index (κ1) is 69.1. The molecular formula is C62H100N4O18. The molecule has 4 fully saturated rings. The van der Waals surface area contributed by atoms with Gasteiger partial charge >= 0.3 is 17.9 Å². The molecule has 22 nitrogen and oxygen atoms in total. The van der Waals surface area contributed by atoms with Gasteiger partial charge in [0, 0.05) is 88.7 Å². The Bertz CT molecular complexity index is 2560. The topological polar surface area (TPSA) is 262 Å². The van der Waals surface area contributed by atoms with Gasteiger partial charge in [-0.3, -0.25) is 24.1 Å². The third-order valence-corrected chi connectivity index (χ3v) is 18.3. The van der Waals surface area contributed by atoms with E-state index in [0.29, 0.717) is 64.0 Å². The molecule has 1 aromatic heterocycles. The third-order valence-electron chi connectivity index (χ3n) is 18.3. The number of pyridine rings is 1. The van der Waals surface area contributed by atoms with Crippen LogP contribution in [0.5, 0.6) is 0 Å². The largest absolute Gasteiger partial charge is 0.461 e. The summed E-state index contributed by atoms with van der Waals surface area (Å²) in [4.78, 5) is 73.4. The number of carbonyl (C=O) groups is 4. The van der Waals surface area contributed by atoms with Crippen molar-refractivity contribution in [2.75, 3.05) is 80.9 Å². The van der Waals surface area contributed by atoms with Gasteiger partial charge in [0.15, 0.2) is 18.7 Å². The Kier molecular flexibility index (Phi) is 24.9. The molecule has 476 valence electrons. The standard InChI is InChI=1S/C62H100N4O18/c1-16-47-62(11,74)54(71)38(5)50(68)36(3)33-60(9,75-14)55(84-59-52(70)46(64(12)13)31-37(4)79-59)39(6)53(40(7)57(72)81-47)83-49-34-61(10,76-15)56(41(8)80-49)82-48(67)22-24-63-23-18-19-42-20-21-45-43(32-42)51(69)44(35-66(45)17-2)58(73)78-30-27-65-25-28-77-29-26-65/h20-21,32,35-41,46-47,49,52-56,59,63,70-71,74H,16-19,22-31,33-34H2,1-15H3/t36-,37+,38-,39+,40+,41-,46-,47-,49+,52-,53+,54+,55-,56+,59-,60+,61-,62+/m0/s1. The second-order valence-corrected chi connectivity index (χ2v) is 24.8. The van der Waals surface area contributed by atoms with E-state index >= 15 is 0 Å². The molecule has 0 bridgehead atoms. The number of cyclic esters (lactones) is 1. The third kappa shape index (κ3) is 16.4. The SMILES string of the molecule is CC[C@@H]1OC(=O)[C@H](C)[C@H](O[C@@H]2C[C@](C)(OC)[C@H](OC(=O)CCNCCCc3ccc4c(c3)c(=O)c(C(=O)OCCN3CCOCC3)cn4CC)[C@H](C)O2)[C@@H](C)[C@H](O[C@@H]2O[C@H](C)C[C@H](N(C)C)[C@@H]2O)[C@](C)(OC)C[C@H](C)C(=O)[C@H](C)[C@@H](O)[C@]1(C)O. The van der Waals surface area contributed by atoms with E-state index in [0.717, 1.165) is 24.2 Å². The lowest BCUT2D eigenvalue weighted by atomic mass is 9.74. The first-order chi connectivity index (χ1) is 39.6. The fourth-order valence-corrected chi connectivity index (χ4v) is 12.9. The van der Waals surface area contributed by atoms with Crippen LogP contribution in [0.2, 0.25) is 0 Å². The van der Waals surface area contributed by atoms with Crippen LogP contribution in [0, 0.1) is 23.7 Å². The first-order valence-corrected chi connectivity index (χ1v) is 30.4. The van der Waals surface area contributed by atoms with Crippen LogP contribution in [-0.4, -0.2) is 218 Å². The van der Waals surface area contributed by atoms with Crippen molar-refractivity contribution < 1.29 is 81.9 Å². The predicted octanol–water partition coefficient (Wildman–Crippen LogP) is 4.43. The molecule has 4 N–H and O–H groups in total. The average Bonchev–Trinajstić information content (AvgIpc) is 3.41. The number of esters is 3. The van der Waals surface area contributed by atoms with E-state index in [1.807, 2.05) is 62.5 Å². The molecule has 22 heteroatoms. The first-order valence-electron chi connectivity index (χ1n) is 30.4. The van der Waals surface area contributed by atoms with Crippen LogP contribution in [0.15, 0.2) is 29.2 Å². The Morgan fingerprint density at radius 2 is 1.56 bits per heavy atom. The number of fused-ring (bicyclic) bond motifs is 1. The molecule has 84 heavy (non-hydrogen) atoms. The lowest BCUT2D eigenvalue weighted by Crippen LogP contribution is -2.61. The molecule has 0 radical (unpaired) electrons. The molecule has 4 aliphatic rings. The van der Waals surface area contributed by atoms with E-state index in [9.17, 15) is 39.3 Å². The molecule has 5 heterocycles. The summed E-state index contributed by atoms with van der Waals surface area (Å²) in [6, 6.07) is 5.39. The van der Waals surface area contributed by atoms with Crippen LogP contribution in [0.4, 0.5) is 0 Å². The van der Waals surface area contributed by atoms with E-state index < -0.39 is 114 Å².